The number of nitrogens with zero attached hydrogens (tertiary/aromatic N) is 4. The van der Waals surface area contributed by atoms with Crippen molar-refractivity contribution in [3.05, 3.63) is 78.4 Å². The Hall–Kier alpha value is -3.90. The van der Waals surface area contributed by atoms with Crippen LogP contribution in [0.3, 0.4) is 0 Å². The quantitative estimate of drug-likeness (QED) is 0.469. The molecule has 2 aromatic carbocycles. The zero-order valence-corrected chi connectivity index (χ0v) is 16.3. The molecule has 0 radical (unpaired) electrons. The van der Waals surface area contributed by atoms with Crippen LogP contribution in [0.5, 0.6) is 0 Å². The van der Waals surface area contributed by atoms with Crippen LogP contribution in [-0.4, -0.2) is 26.4 Å². The molecule has 148 valence electrons. The predicted octanol–water partition coefficient (Wildman–Crippen LogP) is 4.27. The van der Waals surface area contributed by atoms with Gasteiger partial charge in [0.1, 0.15) is 17.4 Å². The second kappa shape index (κ2) is 8.63. The predicted molar refractivity (Wildman–Crippen MR) is 110 cm³/mol. The lowest BCUT2D eigenvalue weighted by atomic mass is 10.2. The van der Waals surface area contributed by atoms with Gasteiger partial charge in [0.15, 0.2) is 11.6 Å². The average molecular weight is 419 g/mol. The minimum Gasteiger partial charge on any atom is -0.431 e. The van der Waals surface area contributed by atoms with Crippen LogP contribution >= 0.6 is 11.8 Å². The molecule has 2 aromatic heterocycles. The lowest BCUT2D eigenvalue weighted by Gasteiger charge is -2.09. The highest BCUT2D eigenvalue weighted by Crippen LogP contribution is 2.26. The van der Waals surface area contributed by atoms with Gasteiger partial charge in [-0.15, -0.1) is 0 Å². The summed E-state index contributed by atoms with van der Waals surface area (Å²) in [4.78, 5) is 16.6. The maximum Gasteiger partial charge on any atom is 0.256 e. The van der Waals surface area contributed by atoms with Crippen LogP contribution < -0.4 is 5.32 Å². The number of aromatic nitrogens is 3. The number of halogens is 1. The number of rotatable bonds is 6. The number of carbonyl (C=O) groups is 1. The minimum atomic E-state index is -0.337. The first kappa shape index (κ1) is 19.4. The molecule has 1 N–H and O–H groups in total. The van der Waals surface area contributed by atoms with E-state index in [0.29, 0.717) is 22.4 Å². The monoisotopic (exact) mass is 419 g/mol. The lowest BCUT2D eigenvalue weighted by molar-refractivity contribution is -0.113. The minimum absolute atomic E-state index is 0.0220. The van der Waals surface area contributed by atoms with Crippen molar-refractivity contribution in [2.75, 3.05) is 11.1 Å². The molecular formula is C21H14FN5O2S. The largest absolute Gasteiger partial charge is 0.431 e. The lowest BCUT2D eigenvalue weighted by Crippen LogP contribution is -2.17. The van der Waals surface area contributed by atoms with E-state index in [2.05, 4.69) is 15.4 Å². The number of hydrogen-bond acceptors (Lipinski definition) is 6. The van der Waals surface area contributed by atoms with Gasteiger partial charge in [-0.2, -0.15) is 10.4 Å². The van der Waals surface area contributed by atoms with Gasteiger partial charge < -0.3 is 9.73 Å². The fraction of sp³-hybridized carbons (Fsp3) is 0.0476. The van der Waals surface area contributed by atoms with E-state index < -0.39 is 0 Å². The van der Waals surface area contributed by atoms with Gasteiger partial charge in [0.05, 0.1) is 23.8 Å². The van der Waals surface area contributed by atoms with Crippen molar-refractivity contribution in [3.63, 3.8) is 0 Å². The highest BCUT2D eigenvalue weighted by molar-refractivity contribution is 7.99. The average Bonchev–Trinajstić information content (AvgIpc) is 3.40. The Morgan fingerprint density at radius 3 is 2.67 bits per heavy atom. The van der Waals surface area contributed by atoms with E-state index in [1.165, 1.54) is 29.2 Å². The third kappa shape index (κ3) is 4.24. The molecule has 0 aliphatic rings. The molecule has 2 heterocycles. The zero-order valence-electron chi connectivity index (χ0n) is 15.4. The van der Waals surface area contributed by atoms with Gasteiger partial charge in [-0.05, 0) is 36.4 Å². The summed E-state index contributed by atoms with van der Waals surface area (Å²) >= 11 is 1.11. The normalized spacial score (nSPS) is 10.5. The molecule has 0 spiro atoms. The number of nitriles is 1. The Morgan fingerprint density at radius 2 is 1.93 bits per heavy atom. The number of carbonyl (C=O) groups excluding carboxylic acids is 1. The van der Waals surface area contributed by atoms with Gasteiger partial charge >= 0.3 is 0 Å². The molecule has 7 nitrogen and oxygen atoms in total. The molecule has 0 aliphatic heterocycles. The third-order valence-corrected chi connectivity index (χ3v) is 4.93. The summed E-state index contributed by atoms with van der Waals surface area (Å²) in [6.07, 6.45) is 2.92. The van der Waals surface area contributed by atoms with E-state index in [9.17, 15) is 14.4 Å². The van der Waals surface area contributed by atoms with Crippen LogP contribution in [0.1, 0.15) is 5.56 Å². The molecule has 4 rings (SSSR count). The first-order valence-electron chi connectivity index (χ1n) is 8.82. The Morgan fingerprint density at radius 1 is 1.17 bits per heavy atom. The molecule has 0 aliphatic carbocycles. The zero-order chi connectivity index (χ0) is 20.9. The van der Waals surface area contributed by atoms with Crippen LogP contribution in [0.25, 0.3) is 17.0 Å². The molecule has 9 heteroatoms. The van der Waals surface area contributed by atoms with Gasteiger partial charge in [-0.1, -0.05) is 30.0 Å². The molecule has 0 fully saturated rings. The van der Waals surface area contributed by atoms with Crippen molar-refractivity contribution < 1.29 is 13.6 Å². The Kier molecular flexibility index (Phi) is 5.59. The van der Waals surface area contributed by atoms with Gasteiger partial charge in [0.2, 0.25) is 5.91 Å². The Balaban J connectivity index is 1.43. The molecule has 0 saturated carbocycles. The number of amides is 1. The molecule has 0 saturated heterocycles. The molecule has 0 atom stereocenters. The second-order valence-electron chi connectivity index (χ2n) is 6.10. The smallest absolute Gasteiger partial charge is 0.256 e. The van der Waals surface area contributed by atoms with E-state index in [4.69, 9.17) is 4.42 Å². The number of oxazole rings is 1. The third-order valence-electron chi connectivity index (χ3n) is 4.09. The van der Waals surface area contributed by atoms with E-state index in [0.717, 1.165) is 17.4 Å². The van der Waals surface area contributed by atoms with Crippen molar-refractivity contribution in [2.45, 2.75) is 5.22 Å². The summed E-state index contributed by atoms with van der Waals surface area (Å²) < 4.78 is 20.2. The van der Waals surface area contributed by atoms with E-state index in [-0.39, 0.29) is 23.0 Å². The SMILES string of the molecule is N#Cc1cnn(-c2ccccc2)c1NC(=O)CSc1ncc(-c2ccc(F)cc2)o1. The molecule has 4 aromatic rings. The fourth-order valence-corrected chi connectivity index (χ4v) is 3.29. The molecular weight excluding hydrogens is 405 g/mol. The van der Waals surface area contributed by atoms with Crippen molar-refractivity contribution >= 4 is 23.5 Å². The van der Waals surface area contributed by atoms with Crippen LogP contribution in [0, 0.1) is 17.1 Å². The fourth-order valence-electron chi connectivity index (χ4n) is 2.68. The second-order valence-corrected chi connectivity index (χ2v) is 7.03. The summed E-state index contributed by atoms with van der Waals surface area (Å²) in [5, 5.41) is 16.5. The number of para-hydroxylation sites is 1. The van der Waals surface area contributed by atoms with Gasteiger partial charge in [-0.25, -0.2) is 14.1 Å². The van der Waals surface area contributed by atoms with Crippen molar-refractivity contribution in [1.29, 1.82) is 5.26 Å². The number of hydrogen-bond donors (Lipinski definition) is 1. The van der Waals surface area contributed by atoms with Gasteiger partial charge in [0.25, 0.3) is 5.22 Å². The van der Waals surface area contributed by atoms with E-state index in [1.54, 1.807) is 12.1 Å². The first-order valence-corrected chi connectivity index (χ1v) is 9.80. The summed E-state index contributed by atoms with van der Waals surface area (Å²) in [6.45, 7) is 0. The highest BCUT2D eigenvalue weighted by atomic mass is 32.2. The van der Waals surface area contributed by atoms with E-state index >= 15 is 0 Å². The topological polar surface area (TPSA) is 96.7 Å². The number of anilines is 1. The maximum atomic E-state index is 13.0. The van der Waals surface area contributed by atoms with Crippen LogP contribution in [0.4, 0.5) is 10.2 Å². The summed E-state index contributed by atoms with van der Waals surface area (Å²) in [7, 11) is 0. The van der Waals surface area contributed by atoms with Crippen LogP contribution in [0.15, 0.2) is 76.6 Å². The van der Waals surface area contributed by atoms with Crippen molar-refractivity contribution in [2.24, 2.45) is 0 Å². The van der Waals surface area contributed by atoms with Crippen molar-refractivity contribution in [1.82, 2.24) is 14.8 Å². The van der Waals surface area contributed by atoms with Gasteiger partial charge in [0, 0.05) is 5.56 Å². The number of thioether (sulfide) groups is 1. The standard InChI is InChI=1S/C21H14FN5O2S/c22-16-8-6-14(7-9-16)18-12-24-21(29-18)30-13-19(28)26-20-15(10-23)11-25-27(20)17-4-2-1-3-5-17/h1-9,11-12H,13H2,(H,26,28). The Labute approximate surface area is 175 Å². The molecule has 0 bridgehead atoms. The molecule has 0 unspecified atom stereocenters. The highest BCUT2D eigenvalue weighted by Gasteiger charge is 2.16. The molecule has 30 heavy (non-hydrogen) atoms. The van der Waals surface area contributed by atoms with Crippen molar-refractivity contribution in [3.8, 4) is 23.1 Å². The first-order chi connectivity index (χ1) is 14.6. The van der Waals surface area contributed by atoms with E-state index in [1.807, 2.05) is 36.4 Å². The maximum absolute atomic E-state index is 13.0. The molecule has 1 amide bonds. The van der Waals surface area contributed by atoms with Gasteiger partial charge in [-0.3, -0.25) is 4.79 Å². The summed E-state index contributed by atoms with van der Waals surface area (Å²) in [5.41, 5.74) is 1.66. The Bertz CT molecular complexity index is 1210. The van der Waals surface area contributed by atoms with Crippen LogP contribution in [0.2, 0.25) is 0 Å². The number of benzene rings is 2. The number of nitrogens with one attached hydrogen (secondary N) is 1. The van der Waals surface area contributed by atoms with Crippen LogP contribution in [-0.2, 0) is 4.79 Å². The summed E-state index contributed by atoms with van der Waals surface area (Å²) in [6, 6.07) is 17.1. The summed E-state index contributed by atoms with van der Waals surface area (Å²) in [5.74, 6) is 0.126.